The summed E-state index contributed by atoms with van der Waals surface area (Å²) < 4.78 is 0. The zero-order valence-corrected chi connectivity index (χ0v) is 11.1. The van der Waals surface area contributed by atoms with Crippen LogP contribution in [0.2, 0.25) is 0 Å². The molecular weight excluding hydrogens is 238 g/mol. The van der Waals surface area contributed by atoms with Crippen molar-refractivity contribution in [3.8, 4) is 0 Å². The molecule has 3 rings (SSSR count). The van der Waals surface area contributed by atoms with Crippen LogP contribution in [0.25, 0.3) is 0 Å². The topological polar surface area (TPSA) is 72.4 Å². The monoisotopic (exact) mass is 259 g/mol. The lowest BCUT2D eigenvalue weighted by molar-refractivity contribution is 0.100. The summed E-state index contributed by atoms with van der Waals surface area (Å²) in [6.45, 7) is 3.28. The van der Waals surface area contributed by atoms with Gasteiger partial charge in [0.1, 0.15) is 0 Å². The molecule has 2 unspecified atom stereocenters. The number of carbonyl (C=O) groups is 1. The highest BCUT2D eigenvalue weighted by atomic mass is 16.1. The predicted octanol–water partition coefficient (Wildman–Crippen LogP) is 1.60. The van der Waals surface area contributed by atoms with Gasteiger partial charge >= 0.3 is 0 Å². The van der Waals surface area contributed by atoms with E-state index in [2.05, 4.69) is 4.90 Å². The van der Waals surface area contributed by atoms with Gasteiger partial charge in [0.05, 0.1) is 0 Å². The molecule has 1 aromatic carbocycles. The number of hydrogen-bond acceptors (Lipinski definition) is 3. The van der Waals surface area contributed by atoms with E-state index in [1.807, 2.05) is 6.07 Å². The minimum atomic E-state index is -0.422. The number of nitrogens with zero attached hydrogens (tertiary/aromatic N) is 1. The van der Waals surface area contributed by atoms with Gasteiger partial charge in [-0.2, -0.15) is 0 Å². The lowest BCUT2D eigenvalue weighted by Crippen LogP contribution is -2.22. The second-order valence-corrected chi connectivity index (χ2v) is 5.92. The third kappa shape index (κ3) is 2.45. The fourth-order valence-electron chi connectivity index (χ4n) is 3.59. The third-order valence-corrected chi connectivity index (χ3v) is 4.63. The molecule has 19 heavy (non-hydrogen) atoms. The highest BCUT2D eigenvalue weighted by Crippen LogP contribution is 2.38. The number of carbonyl (C=O) groups excluding carboxylic acids is 1. The van der Waals surface area contributed by atoms with E-state index < -0.39 is 5.91 Å². The Morgan fingerprint density at radius 3 is 2.53 bits per heavy atom. The number of likely N-dealkylation sites (tertiary alicyclic amines) is 1. The average molecular weight is 259 g/mol. The fraction of sp³-hybridized carbons (Fsp3) is 0.533. The van der Waals surface area contributed by atoms with Crippen LogP contribution in [0, 0.1) is 11.8 Å². The van der Waals surface area contributed by atoms with E-state index >= 15 is 0 Å². The Morgan fingerprint density at radius 2 is 1.95 bits per heavy atom. The Balaban J connectivity index is 1.69. The van der Waals surface area contributed by atoms with Crippen LogP contribution in [-0.4, -0.2) is 23.9 Å². The molecule has 0 radical (unpaired) electrons. The molecule has 1 saturated carbocycles. The number of hydrogen-bond donors (Lipinski definition) is 2. The van der Waals surface area contributed by atoms with Gasteiger partial charge < -0.3 is 11.5 Å². The molecule has 0 bridgehead atoms. The van der Waals surface area contributed by atoms with Gasteiger partial charge in [0.15, 0.2) is 0 Å². The molecule has 4 heteroatoms. The highest BCUT2D eigenvalue weighted by molar-refractivity contribution is 5.93. The van der Waals surface area contributed by atoms with Crippen molar-refractivity contribution in [1.82, 2.24) is 4.90 Å². The summed E-state index contributed by atoms with van der Waals surface area (Å²) in [5.41, 5.74) is 13.5. The Hall–Kier alpha value is -1.55. The first kappa shape index (κ1) is 12.5. The minimum Gasteiger partial charge on any atom is -0.398 e. The third-order valence-electron chi connectivity index (χ3n) is 4.63. The van der Waals surface area contributed by atoms with E-state index in [0.29, 0.717) is 11.3 Å². The summed E-state index contributed by atoms with van der Waals surface area (Å²) in [5.74, 6) is 1.37. The highest BCUT2D eigenvalue weighted by Gasteiger charge is 2.35. The zero-order chi connectivity index (χ0) is 13.4. The summed E-state index contributed by atoms with van der Waals surface area (Å²) in [7, 11) is 0. The summed E-state index contributed by atoms with van der Waals surface area (Å²) in [6, 6.07) is 5.39. The lowest BCUT2D eigenvalue weighted by atomic mass is 10.0. The molecule has 2 atom stereocenters. The van der Waals surface area contributed by atoms with E-state index in [4.69, 9.17) is 11.5 Å². The van der Waals surface area contributed by atoms with Gasteiger partial charge in [0.25, 0.3) is 0 Å². The second-order valence-electron chi connectivity index (χ2n) is 5.92. The minimum absolute atomic E-state index is 0.422. The van der Waals surface area contributed by atoms with Gasteiger partial charge in [0.2, 0.25) is 5.91 Å². The SMILES string of the molecule is NC(=O)c1ccc(CN2CC3CCCC3C2)c(N)c1. The van der Waals surface area contributed by atoms with Crippen LogP contribution in [0.15, 0.2) is 18.2 Å². The van der Waals surface area contributed by atoms with E-state index in [1.54, 1.807) is 12.1 Å². The molecule has 0 aromatic heterocycles. The van der Waals surface area contributed by atoms with Crippen molar-refractivity contribution in [2.45, 2.75) is 25.8 Å². The van der Waals surface area contributed by atoms with Gasteiger partial charge in [-0.3, -0.25) is 9.69 Å². The van der Waals surface area contributed by atoms with E-state index in [1.165, 1.54) is 32.4 Å². The number of nitrogens with two attached hydrogens (primary N) is 2. The van der Waals surface area contributed by atoms with Gasteiger partial charge in [-0.25, -0.2) is 0 Å². The van der Waals surface area contributed by atoms with Gasteiger partial charge in [-0.05, 0) is 42.4 Å². The lowest BCUT2D eigenvalue weighted by Gasteiger charge is -2.18. The van der Waals surface area contributed by atoms with Crippen LogP contribution >= 0.6 is 0 Å². The first-order chi connectivity index (χ1) is 9.13. The molecule has 1 heterocycles. The molecular formula is C15H21N3O. The van der Waals surface area contributed by atoms with Gasteiger partial charge in [-0.1, -0.05) is 12.5 Å². The Labute approximate surface area is 113 Å². The van der Waals surface area contributed by atoms with E-state index in [9.17, 15) is 4.79 Å². The number of nitrogen functional groups attached to an aromatic ring is 1. The molecule has 4 N–H and O–H groups in total. The predicted molar refractivity (Wildman–Crippen MR) is 75.5 cm³/mol. The normalized spacial score (nSPS) is 26.5. The first-order valence-electron chi connectivity index (χ1n) is 7.04. The first-order valence-corrected chi connectivity index (χ1v) is 7.04. The number of primary amides is 1. The summed E-state index contributed by atoms with van der Waals surface area (Å²) in [5, 5.41) is 0. The fourth-order valence-corrected chi connectivity index (χ4v) is 3.59. The van der Waals surface area contributed by atoms with Crippen molar-refractivity contribution in [3.63, 3.8) is 0 Å². The molecule has 2 fully saturated rings. The zero-order valence-electron chi connectivity index (χ0n) is 11.1. The number of rotatable bonds is 3. The average Bonchev–Trinajstić information content (AvgIpc) is 2.92. The Bertz CT molecular complexity index is 488. The molecule has 1 aliphatic heterocycles. The van der Waals surface area contributed by atoms with Crippen molar-refractivity contribution < 1.29 is 4.79 Å². The largest absolute Gasteiger partial charge is 0.398 e. The molecule has 1 aromatic rings. The molecule has 2 aliphatic rings. The molecule has 1 saturated heterocycles. The van der Waals surface area contributed by atoms with Crippen LogP contribution in [0.5, 0.6) is 0 Å². The van der Waals surface area contributed by atoms with Crippen LogP contribution in [0.3, 0.4) is 0 Å². The molecule has 1 aliphatic carbocycles. The van der Waals surface area contributed by atoms with Crippen molar-refractivity contribution in [2.75, 3.05) is 18.8 Å². The Kier molecular flexibility index (Phi) is 3.19. The molecule has 4 nitrogen and oxygen atoms in total. The smallest absolute Gasteiger partial charge is 0.248 e. The number of amides is 1. The van der Waals surface area contributed by atoms with Gasteiger partial charge in [0, 0.05) is 30.9 Å². The number of anilines is 1. The van der Waals surface area contributed by atoms with Crippen molar-refractivity contribution in [1.29, 1.82) is 0 Å². The van der Waals surface area contributed by atoms with E-state index in [-0.39, 0.29) is 0 Å². The van der Waals surface area contributed by atoms with Crippen LogP contribution in [-0.2, 0) is 6.54 Å². The maximum Gasteiger partial charge on any atom is 0.248 e. The number of benzene rings is 1. The van der Waals surface area contributed by atoms with E-state index in [0.717, 1.165) is 23.9 Å². The van der Waals surface area contributed by atoms with Crippen LogP contribution in [0.1, 0.15) is 35.2 Å². The van der Waals surface area contributed by atoms with Crippen molar-refractivity contribution >= 4 is 11.6 Å². The molecule has 1 amide bonds. The molecule has 102 valence electrons. The summed E-state index contributed by atoms with van der Waals surface area (Å²) in [6.07, 6.45) is 4.17. The maximum atomic E-state index is 11.1. The second kappa shape index (κ2) is 4.85. The maximum absolute atomic E-state index is 11.1. The van der Waals surface area contributed by atoms with Crippen LogP contribution in [0.4, 0.5) is 5.69 Å². The quantitative estimate of drug-likeness (QED) is 0.810. The van der Waals surface area contributed by atoms with Gasteiger partial charge in [-0.15, -0.1) is 0 Å². The van der Waals surface area contributed by atoms with Crippen LogP contribution < -0.4 is 11.5 Å². The van der Waals surface area contributed by atoms with Crippen molar-refractivity contribution in [3.05, 3.63) is 29.3 Å². The Morgan fingerprint density at radius 1 is 1.26 bits per heavy atom. The molecule has 0 spiro atoms. The standard InChI is InChI=1S/C15H21N3O/c16-14-6-10(15(17)19)4-5-13(14)9-18-7-11-2-1-3-12(11)8-18/h4-6,11-12H,1-3,7-9,16H2,(H2,17,19). The number of fused-ring (bicyclic) bond motifs is 1. The summed E-state index contributed by atoms with van der Waals surface area (Å²) in [4.78, 5) is 13.6. The summed E-state index contributed by atoms with van der Waals surface area (Å²) >= 11 is 0. The van der Waals surface area contributed by atoms with Crippen molar-refractivity contribution in [2.24, 2.45) is 17.6 Å².